The van der Waals surface area contributed by atoms with Crippen LogP contribution in [0.3, 0.4) is 0 Å². The molecule has 0 N–H and O–H groups in total. The highest BCUT2D eigenvalue weighted by molar-refractivity contribution is 6.08. The molecule has 0 spiro atoms. The zero-order valence-corrected chi connectivity index (χ0v) is 11.5. The highest BCUT2D eigenvalue weighted by Crippen LogP contribution is 2.32. The summed E-state index contributed by atoms with van der Waals surface area (Å²) in [4.78, 5) is 0. The molecular weight excluding hydrogens is 218 g/mol. The van der Waals surface area contributed by atoms with E-state index in [0.717, 1.165) is 0 Å². The molecule has 0 fully saturated rings. The summed E-state index contributed by atoms with van der Waals surface area (Å²) in [7, 11) is 0. The molecule has 3 rings (SSSR count). The number of aryl methyl sites for hydroxylation is 2. The van der Waals surface area contributed by atoms with Gasteiger partial charge in [-0.05, 0) is 52.0 Å². The monoisotopic (exact) mass is 237 g/mol. The van der Waals surface area contributed by atoms with Crippen LogP contribution < -0.4 is 0 Å². The van der Waals surface area contributed by atoms with Crippen LogP contribution in [0, 0.1) is 13.8 Å². The van der Waals surface area contributed by atoms with Gasteiger partial charge in [0.15, 0.2) is 0 Å². The molecule has 0 unspecified atom stereocenters. The van der Waals surface area contributed by atoms with Gasteiger partial charge in [0.05, 0.1) is 0 Å². The maximum atomic E-state index is 2.43. The van der Waals surface area contributed by atoms with Crippen molar-refractivity contribution in [1.82, 2.24) is 4.57 Å². The van der Waals surface area contributed by atoms with Crippen LogP contribution in [0.5, 0.6) is 0 Å². The third-order valence-corrected chi connectivity index (χ3v) is 3.63. The first-order chi connectivity index (χ1) is 8.58. The number of nitrogens with zero attached hydrogens (tertiary/aromatic N) is 1. The molecule has 1 nitrogen and oxygen atoms in total. The maximum absolute atomic E-state index is 2.43. The Labute approximate surface area is 108 Å². The zero-order chi connectivity index (χ0) is 12.9. The summed E-state index contributed by atoms with van der Waals surface area (Å²) in [6.07, 6.45) is 0. The van der Waals surface area contributed by atoms with Crippen molar-refractivity contribution < 1.29 is 0 Å². The van der Waals surface area contributed by atoms with Gasteiger partial charge in [-0.3, -0.25) is 0 Å². The molecule has 1 heterocycles. The minimum absolute atomic E-state index is 0.482. The minimum atomic E-state index is 0.482. The first-order valence-electron chi connectivity index (χ1n) is 6.59. The van der Waals surface area contributed by atoms with Gasteiger partial charge in [0.25, 0.3) is 0 Å². The molecule has 1 heteroatoms. The van der Waals surface area contributed by atoms with Crippen molar-refractivity contribution in [2.75, 3.05) is 0 Å². The average molecular weight is 237 g/mol. The molecule has 0 saturated heterocycles. The lowest BCUT2D eigenvalue weighted by Gasteiger charge is -2.11. The second-order valence-electron chi connectivity index (χ2n) is 5.50. The van der Waals surface area contributed by atoms with Gasteiger partial charge in [-0.15, -0.1) is 0 Å². The fourth-order valence-corrected chi connectivity index (χ4v) is 2.84. The number of hydrogen-bond donors (Lipinski definition) is 0. The van der Waals surface area contributed by atoms with Crippen LogP contribution in [-0.2, 0) is 0 Å². The van der Waals surface area contributed by atoms with E-state index in [2.05, 4.69) is 68.7 Å². The standard InChI is InChI=1S/C17H19N/c1-11(2)18-16-7-5-12(3)9-14(16)15-10-13(4)6-8-17(15)18/h5-11H,1-4H3. The SMILES string of the molecule is Cc1ccc2c(c1)c1cc(C)ccc1n2C(C)C. The Bertz CT molecular complexity index is 673. The molecule has 3 aromatic rings. The zero-order valence-electron chi connectivity index (χ0n) is 11.5. The number of fused-ring (bicyclic) bond motifs is 3. The van der Waals surface area contributed by atoms with Crippen LogP contribution in [0.1, 0.15) is 31.0 Å². The number of hydrogen-bond acceptors (Lipinski definition) is 0. The highest BCUT2D eigenvalue weighted by Gasteiger charge is 2.12. The van der Waals surface area contributed by atoms with Crippen molar-refractivity contribution in [2.24, 2.45) is 0 Å². The first kappa shape index (κ1) is 11.3. The summed E-state index contributed by atoms with van der Waals surface area (Å²) in [5.41, 5.74) is 5.34. The normalized spacial score (nSPS) is 11.8. The Balaban J connectivity index is 2.56. The molecule has 2 aromatic carbocycles. The van der Waals surface area contributed by atoms with Gasteiger partial charge < -0.3 is 4.57 Å². The Kier molecular flexibility index (Phi) is 2.44. The Morgan fingerprint density at radius 2 is 1.22 bits per heavy atom. The smallest absolute Gasteiger partial charge is 0.0493 e. The van der Waals surface area contributed by atoms with Gasteiger partial charge in [-0.25, -0.2) is 0 Å². The van der Waals surface area contributed by atoms with Crippen molar-refractivity contribution >= 4 is 21.8 Å². The van der Waals surface area contributed by atoms with Gasteiger partial charge in [-0.1, -0.05) is 23.3 Å². The molecule has 0 aliphatic rings. The fourth-order valence-electron chi connectivity index (χ4n) is 2.84. The molecule has 0 aliphatic heterocycles. The fraction of sp³-hybridized carbons (Fsp3) is 0.294. The second-order valence-corrected chi connectivity index (χ2v) is 5.50. The van der Waals surface area contributed by atoms with Gasteiger partial charge in [0, 0.05) is 27.8 Å². The van der Waals surface area contributed by atoms with E-state index in [1.165, 1.54) is 32.9 Å². The van der Waals surface area contributed by atoms with Crippen molar-refractivity contribution in [3.05, 3.63) is 47.5 Å². The van der Waals surface area contributed by atoms with Gasteiger partial charge in [-0.2, -0.15) is 0 Å². The molecule has 1 aromatic heterocycles. The molecule has 0 bridgehead atoms. The van der Waals surface area contributed by atoms with E-state index in [4.69, 9.17) is 0 Å². The highest BCUT2D eigenvalue weighted by atomic mass is 15.0. The average Bonchev–Trinajstić information content (AvgIpc) is 2.62. The van der Waals surface area contributed by atoms with Gasteiger partial charge >= 0.3 is 0 Å². The van der Waals surface area contributed by atoms with Crippen molar-refractivity contribution in [3.63, 3.8) is 0 Å². The Morgan fingerprint density at radius 1 is 0.778 bits per heavy atom. The van der Waals surface area contributed by atoms with Crippen molar-refractivity contribution in [2.45, 2.75) is 33.7 Å². The van der Waals surface area contributed by atoms with E-state index >= 15 is 0 Å². The second kappa shape index (κ2) is 3.88. The van der Waals surface area contributed by atoms with Gasteiger partial charge in [0.2, 0.25) is 0 Å². The topological polar surface area (TPSA) is 4.93 Å². The third kappa shape index (κ3) is 1.54. The summed E-state index contributed by atoms with van der Waals surface area (Å²) >= 11 is 0. The summed E-state index contributed by atoms with van der Waals surface area (Å²) < 4.78 is 2.43. The predicted octanol–water partition coefficient (Wildman–Crippen LogP) is 4.99. The number of aromatic nitrogens is 1. The molecule has 0 aliphatic carbocycles. The Hall–Kier alpha value is -1.76. The molecule has 0 radical (unpaired) electrons. The molecule has 0 atom stereocenters. The summed E-state index contributed by atoms with van der Waals surface area (Å²) in [6.45, 7) is 8.82. The summed E-state index contributed by atoms with van der Waals surface area (Å²) in [5.74, 6) is 0. The van der Waals surface area contributed by atoms with E-state index in [1.54, 1.807) is 0 Å². The van der Waals surface area contributed by atoms with Gasteiger partial charge in [0.1, 0.15) is 0 Å². The van der Waals surface area contributed by atoms with E-state index < -0.39 is 0 Å². The molecule has 0 amide bonds. The van der Waals surface area contributed by atoms with Crippen LogP contribution in [-0.4, -0.2) is 4.57 Å². The quantitative estimate of drug-likeness (QED) is 0.561. The Morgan fingerprint density at radius 3 is 1.61 bits per heavy atom. The van der Waals surface area contributed by atoms with E-state index in [0.29, 0.717) is 6.04 Å². The first-order valence-corrected chi connectivity index (χ1v) is 6.59. The van der Waals surface area contributed by atoms with E-state index in [1.807, 2.05) is 0 Å². The van der Waals surface area contributed by atoms with Crippen molar-refractivity contribution in [3.8, 4) is 0 Å². The third-order valence-electron chi connectivity index (χ3n) is 3.63. The predicted molar refractivity (Wildman–Crippen MR) is 79.3 cm³/mol. The van der Waals surface area contributed by atoms with Crippen LogP contribution in [0.4, 0.5) is 0 Å². The molecule has 0 saturated carbocycles. The minimum Gasteiger partial charge on any atom is -0.338 e. The molecule has 18 heavy (non-hydrogen) atoms. The lowest BCUT2D eigenvalue weighted by atomic mass is 10.1. The summed E-state index contributed by atoms with van der Waals surface area (Å²) in [5, 5.41) is 2.75. The van der Waals surface area contributed by atoms with Crippen LogP contribution in [0.25, 0.3) is 21.8 Å². The molecule has 92 valence electrons. The lowest BCUT2D eigenvalue weighted by Crippen LogP contribution is -1.99. The van der Waals surface area contributed by atoms with E-state index in [9.17, 15) is 0 Å². The van der Waals surface area contributed by atoms with Crippen LogP contribution in [0.2, 0.25) is 0 Å². The lowest BCUT2D eigenvalue weighted by molar-refractivity contribution is 0.642. The largest absolute Gasteiger partial charge is 0.338 e. The maximum Gasteiger partial charge on any atom is 0.0493 e. The van der Waals surface area contributed by atoms with Crippen LogP contribution >= 0.6 is 0 Å². The van der Waals surface area contributed by atoms with Crippen LogP contribution in [0.15, 0.2) is 36.4 Å². The number of benzene rings is 2. The van der Waals surface area contributed by atoms with E-state index in [-0.39, 0.29) is 0 Å². The molecular formula is C17H19N. The number of rotatable bonds is 1. The van der Waals surface area contributed by atoms with Crippen molar-refractivity contribution in [1.29, 1.82) is 0 Å². The summed E-state index contributed by atoms with van der Waals surface area (Å²) in [6, 6.07) is 14.0.